The molecule has 1 aromatic rings. The molecule has 0 atom stereocenters. The molecule has 2 N–H and O–H groups in total. The van der Waals surface area contributed by atoms with Crippen molar-refractivity contribution in [3.05, 3.63) is 11.7 Å². The predicted octanol–water partition coefficient (Wildman–Crippen LogP) is -0.408. The summed E-state index contributed by atoms with van der Waals surface area (Å²) in [7, 11) is -3.22. The Kier molecular flexibility index (Phi) is 4.31. The van der Waals surface area contributed by atoms with E-state index in [0.717, 1.165) is 13.1 Å². The van der Waals surface area contributed by atoms with Gasteiger partial charge >= 0.3 is 0 Å². The van der Waals surface area contributed by atoms with Crippen molar-refractivity contribution in [1.29, 1.82) is 0 Å². The number of sulfonamides is 1. The minimum Gasteiger partial charge on any atom is -0.340 e. The zero-order chi connectivity index (χ0) is 13.0. The van der Waals surface area contributed by atoms with E-state index in [9.17, 15) is 8.42 Å². The van der Waals surface area contributed by atoms with Gasteiger partial charge in [0.1, 0.15) is 0 Å². The first-order valence-electron chi connectivity index (χ1n) is 6.06. The normalized spacial score (nSPS) is 18.1. The largest absolute Gasteiger partial charge is 0.340 e. The Balaban J connectivity index is 1.81. The Morgan fingerprint density at radius 3 is 2.78 bits per heavy atom. The van der Waals surface area contributed by atoms with Crippen LogP contribution in [0.25, 0.3) is 0 Å². The molecule has 1 saturated heterocycles. The predicted molar refractivity (Wildman–Crippen MR) is 65.6 cm³/mol. The van der Waals surface area contributed by atoms with Crippen LogP contribution in [0, 0.1) is 6.92 Å². The van der Waals surface area contributed by atoms with Gasteiger partial charge in [-0.1, -0.05) is 5.16 Å². The molecular weight excluding hydrogens is 256 g/mol. The lowest BCUT2D eigenvalue weighted by Crippen LogP contribution is -2.42. The Labute approximate surface area is 106 Å². The summed E-state index contributed by atoms with van der Waals surface area (Å²) < 4.78 is 31.4. The summed E-state index contributed by atoms with van der Waals surface area (Å²) in [5.74, 6) is 1.02. The van der Waals surface area contributed by atoms with Crippen LogP contribution in [0.15, 0.2) is 4.52 Å². The summed E-state index contributed by atoms with van der Waals surface area (Å²) in [5.41, 5.74) is 0. The molecule has 0 aliphatic carbocycles. The van der Waals surface area contributed by atoms with Crippen LogP contribution in [0.5, 0.6) is 0 Å². The lowest BCUT2D eigenvalue weighted by Gasteiger charge is -2.22. The van der Waals surface area contributed by atoms with Gasteiger partial charge < -0.3 is 9.84 Å². The third-order valence-electron chi connectivity index (χ3n) is 2.95. The molecule has 0 saturated carbocycles. The second-order valence-corrected chi connectivity index (χ2v) is 6.41. The van der Waals surface area contributed by atoms with E-state index in [1.54, 1.807) is 6.92 Å². The van der Waals surface area contributed by atoms with E-state index in [1.165, 1.54) is 0 Å². The Morgan fingerprint density at radius 1 is 1.44 bits per heavy atom. The maximum atomic E-state index is 12.0. The third kappa shape index (κ3) is 3.50. The highest BCUT2D eigenvalue weighted by Gasteiger charge is 2.26. The maximum absolute atomic E-state index is 12.0. The lowest BCUT2D eigenvalue weighted by molar-refractivity contribution is 0.387. The summed E-state index contributed by atoms with van der Waals surface area (Å²) in [5, 5.41) is 6.58. The fourth-order valence-corrected chi connectivity index (χ4v) is 3.45. The number of hydrogen-bond acceptors (Lipinski definition) is 6. The molecule has 0 unspecified atom stereocenters. The number of rotatable bonds is 5. The van der Waals surface area contributed by atoms with Crippen molar-refractivity contribution in [1.82, 2.24) is 20.2 Å². The highest BCUT2D eigenvalue weighted by molar-refractivity contribution is 7.90. The van der Waals surface area contributed by atoms with E-state index in [2.05, 4.69) is 20.2 Å². The lowest BCUT2D eigenvalue weighted by atomic mass is 10.2. The smallest absolute Gasteiger partial charge is 0.223 e. The first-order valence-corrected chi connectivity index (χ1v) is 7.61. The van der Waals surface area contributed by atoms with Gasteiger partial charge in [-0.2, -0.15) is 4.98 Å². The van der Waals surface area contributed by atoms with Crippen LogP contribution in [-0.2, 0) is 16.4 Å². The number of aryl methyl sites for hydroxylation is 1. The third-order valence-corrected chi connectivity index (χ3v) is 4.90. The quantitative estimate of drug-likeness (QED) is 0.757. The van der Waals surface area contributed by atoms with E-state index in [-0.39, 0.29) is 5.25 Å². The minimum atomic E-state index is -3.22. The fraction of sp³-hybridized carbons (Fsp3) is 0.800. The summed E-state index contributed by atoms with van der Waals surface area (Å²) in [6.45, 7) is 3.53. The standard InChI is InChI=1S/C10H18N4O3S/c1-8-13-10(14-17-8)4-7-12-18(15,16)9-2-5-11-6-3-9/h9,11-12H,2-7H2,1H3. The van der Waals surface area contributed by atoms with Crippen molar-refractivity contribution >= 4 is 10.0 Å². The van der Waals surface area contributed by atoms with Crippen molar-refractivity contribution in [3.8, 4) is 0 Å². The van der Waals surface area contributed by atoms with E-state index >= 15 is 0 Å². The summed E-state index contributed by atoms with van der Waals surface area (Å²) >= 11 is 0. The van der Waals surface area contributed by atoms with Gasteiger partial charge in [0.05, 0.1) is 5.25 Å². The van der Waals surface area contributed by atoms with Crippen LogP contribution in [0.3, 0.4) is 0 Å². The molecule has 1 aliphatic rings. The first kappa shape index (κ1) is 13.4. The summed E-state index contributed by atoms with van der Waals surface area (Å²) in [4.78, 5) is 4.02. The van der Waals surface area contributed by atoms with Gasteiger partial charge in [0.25, 0.3) is 0 Å². The van der Waals surface area contributed by atoms with Crippen molar-refractivity contribution in [2.75, 3.05) is 19.6 Å². The molecule has 1 aliphatic heterocycles. The zero-order valence-corrected chi connectivity index (χ0v) is 11.2. The van der Waals surface area contributed by atoms with E-state index in [0.29, 0.717) is 37.5 Å². The highest BCUT2D eigenvalue weighted by atomic mass is 32.2. The van der Waals surface area contributed by atoms with Gasteiger partial charge in [0, 0.05) is 19.9 Å². The molecule has 8 heteroatoms. The van der Waals surface area contributed by atoms with Crippen LogP contribution in [0.1, 0.15) is 24.6 Å². The maximum Gasteiger partial charge on any atom is 0.223 e. The molecule has 0 amide bonds. The average molecular weight is 274 g/mol. The molecule has 7 nitrogen and oxygen atoms in total. The van der Waals surface area contributed by atoms with E-state index in [4.69, 9.17) is 4.52 Å². The van der Waals surface area contributed by atoms with Gasteiger partial charge in [0.2, 0.25) is 15.9 Å². The molecule has 18 heavy (non-hydrogen) atoms. The van der Waals surface area contributed by atoms with Gasteiger partial charge in [-0.25, -0.2) is 13.1 Å². The molecule has 2 heterocycles. The zero-order valence-electron chi connectivity index (χ0n) is 10.3. The number of aromatic nitrogens is 2. The average Bonchev–Trinajstić information content (AvgIpc) is 2.76. The Morgan fingerprint density at radius 2 is 2.17 bits per heavy atom. The Bertz CT molecular complexity index is 479. The molecule has 1 aromatic heterocycles. The topological polar surface area (TPSA) is 97.1 Å². The fourth-order valence-electron chi connectivity index (χ4n) is 1.97. The molecule has 0 radical (unpaired) electrons. The number of nitrogens with one attached hydrogen (secondary N) is 2. The molecular formula is C10H18N4O3S. The van der Waals surface area contributed by atoms with Crippen LogP contribution in [0.4, 0.5) is 0 Å². The van der Waals surface area contributed by atoms with Gasteiger partial charge in [-0.15, -0.1) is 0 Å². The van der Waals surface area contributed by atoms with Crippen LogP contribution < -0.4 is 10.0 Å². The molecule has 0 bridgehead atoms. The van der Waals surface area contributed by atoms with E-state index in [1.807, 2.05) is 0 Å². The van der Waals surface area contributed by atoms with Crippen molar-refractivity contribution in [2.45, 2.75) is 31.4 Å². The minimum absolute atomic E-state index is 0.286. The molecule has 1 fully saturated rings. The molecule has 102 valence electrons. The van der Waals surface area contributed by atoms with Crippen molar-refractivity contribution in [2.24, 2.45) is 0 Å². The van der Waals surface area contributed by atoms with E-state index < -0.39 is 10.0 Å². The number of piperidine rings is 1. The number of nitrogens with zero attached hydrogens (tertiary/aromatic N) is 2. The second kappa shape index (κ2) is 5.77. The van der Waals surface area contributed by atoms with Crippen molar-refractivity contribution in [3.63, 3.8) is 0 Å². The molecule has 2 rings (SSSR count). The monoisotopic (exact) mass is 274 g/mol. The summed E-state index contributed by atoms with van der Waals surface area (Å²) in [6, 6.07) is 0. The van der Waals surface area contributed by atoms with Crippen LogP contribution in [-0.4, -0.2) is 43.4 Å². The SMILES string of the molecule is Cc1nc(CCNS(=O)(=O)C2CCNCC2)no1. The van der Waals surface area contributed by atoms with Crippen LogP contribution >= 0.6 is 0 Å². The summed E-state index contributed by atoms with van der Waals surface area (Å²) in [6.07, 6.45) is 1.77. The van der Waals surface area contributed by atoms with Crippen molar-refractivity contribution < 1.29 is 12.9 Å². The molecule has 0 aromatic carbocycles. The second-order valence-electron chi connectivity index (χ2n) is 4.37. The van der Waals surface area contributed by atoms with Gasteiger partial charge in [-0.05, 0) is 25.9 Å². The molecule has 0 spiro atoms. The first-order chi connectivity index (χ1) is 8.58. The van der Waals surface area contributed by atoms with Crippen LogP contribution in [0.2, 0.25) is 0 Å². The Hall–Kier alpha value is -0.990. The van der Waals surface area contributed by atoms with Gasteiger partial charge in [0.15, 0.2) is 5.82 Å². The van der Waals surface area contributed by atoms with Gasteiger partial charge in [-0.3, -0.25) is 0 Å². The number of hydrogen-bond donors (Lipinski definition) is 2. The highest BCUT2D eigenvalue weighted by Crippen LogP contribution is 2.11.